The first kappa shape index (κ1) is 22.6. The van der Waals surface area contributed by atoms with Crippen LogP contribution < -0.4 is 5.32 Å². The fourth-order valence-electron chi connectivity index (χ4n) is 8.78. The van der Waals surface area contributed by atoms with Crippen molar-refractivity contribution in [3.63, 3.8) is 0 Å². The fourth-order valence-corrected chi connectivity index (χ4v) is 8.78. The van der Waals surface area contributed by atoms with Crippen LogP contribution in [-0.2, 0) is 14.4 Å². The van der Waals surface area contributed by atoms with E-state index in [1.165, 1.54) is 0 Å². The lowest BCUT2D eigenvalue weighted by molar-refractivity contribution is -0.141. The number of ketones is 2. The van der Waals surface area contributed by atoms with Crippen LogP contribution in [0.25, 0.3) is 0 Å². The molecule has 3 fully saturated rings. The normalized spacial score (nSPS) is 45.8. The Balaban J connectivity index is 1.62. The van der Waals surface area contributed by atoms with Crippen LogP contribution in [0.1, 0.15) is 79.1 Å². The first-order valence-corrected chi connectivity index (χ1v) is 12.6. The number of allylic oxidation sites excluding steroid dienone is 4. The highest BCUT2D eigenvalue weighted by Gasteiger charge is 2.63. The van der Waals surface area contributed by atoms with E-state index in [0.717, 1.165) is 56.9 Å². The van der Waals surface area contributed by atoms with Gasteiger partial charge in [-0.05, 0) is 79.6 Å². The number of fused-ring (bicyclic) bond motifs is 7. The van der Waals surface area contributed by atoms with E-state index in [1.807, 2.05) is 12.2 Å². The molecule has 0 aliphatic heterocycles. The van der Waals surface area contributed by atoms with Gasteiger partial charge in [-0.15, -0.1) is 0 Å². The highest BCUT2D eigenvalue weighted by Crippen LogP contribution is 2.67. The number of nitriles is 1. The number of carbonyl (C=O) groups is 3. The number of carbonyl (C=O) groups excluding carboxylic acids is 3. The molecule has 0 aromatic carbocycles. The summed E-state index contributed by atoms with van der Waals surface area (Å²) in [6.07, 6.45) is 11.7. The maximum atomic E-state index is 13.9. The molecule has 5 aliphatic rings. The van der Waals surface area contributed by atoms with Crippen molar-refractivity contribution >= 4 is 18.0 Å². The Labute approximate surface area is 197 Å². The maximum absolute atomic E-state index is 13.9. The molecule has 0 saturated heterocycles. The minimum absolute atomic E-state index is 0.0592. The smallest absolute Gasteiger partial charge is 0.207 e. The summed E-state index contributed by atoms with van der Waals surface area (Å²) >= 11 is 0. The van der Waals surface area contributed by atoms with Crippen LogP contribution in [0.2, 0.25) is 0 Å². The average Bonchev–Trinajstić information content (AvgIpc) is 2.75. The van der Waals surface area contributed by atoms with Gasteiger partial charge >= 0.3 is 0 Å². The van der Waals surface area contributed by atoms with Crippen molar-refractivity contribution in [1.82, 2.24) is 5.32 Å². The molecule has 3 saturated carbocycles. The summed E-state index contributed by atoms with van der Waals surface area (Å²) in [6, 6.07) is 2.11. The van der Waals surface area contributed by atoms with Crippen LogP contribution >= 0.6 is 0 Å². The number of hydrogen-bond acceptors (Lipinski definition) is 4. The van der Waals surface area contributed by atoms with Crippen molar-refractivity contribution in [2.45, 2.75) is 84.6 Å². The Hall–Kier alpha value is -2.22. The van der Waals surface area contributed by atoms with Crippen LogP contribution in [0.5, 0.6) is 0 Å². The summed E-state index contributed by atoms with van der Waals surface area (Å²) in [5, 5.41) is 12.8. The van der Waals surface area contributed by atoms with Crippen molar-refractivity contribution in [2.24, 2.45) is 39.9 Å². The first-order valence-electron chi connectivity index (χ1n) is 12.6. The lowest BCUT2D eigenvalue weighted by Gasteiger charge is -2.64. The lowest BCUT2D eigenvalue weighted by Crippen LogP contribution is -2.65. The van der Waals surface area contributed by atoms with Crippen molar-refractivity contribution in [1.29, 1.82) is 5.26 Å². The predicted molar refractivity (Wildman–Crippen MR) is 125 cm³/mol. The number of Topliss-reactive ketones (excluding diaryl/α,β-unsaturated/α-hetero) is 1. The van der Waals surface area contributed by atoms with Gasteiger partial charge in [0.2, 0.25) is 6.41 Å². The Morgan fingerprint density at radius 2 is 1.82 bits per heavy atom. The predicted octanol–water partition coefficient (Wildman–Crippen LogP) is 4.68. The van der Waals surface area contributed by atoms with Crippen molar-refractivity contribution < 1.29 is 14.4 Å². The Morgan fingerprint density at radius 1 is 1.06 bits per heavy atom. The number of rotatable bonds is 2. The Bertz CT molecular complexity index is 1030. The van der Waals surface area contributed by atoms with Crippen LogP contribution in [0, 0.1) is 51.2 Å². The molecule has 0 radical (unpaired) electrons. The summed E-state index contributed by atoms with van der Waals surface area (Å²) in [5.41, 5.74) is 0.722. The van der Waals surface area contributed by atoms with Crippen molar-refractivity contribution in [3.05, 3.63) is 23.3 Å². The summed E-state index contributed by atoms with van der Waals surface area (Å²) in [6.45, 7) is 9.05. The van der Waals surface area contributed by atoms with Crippen LogP contribution in [-0.4, -0.2) is 23.5 Å². The highest BCUT2D eigenvalue weighted by molar-refractivity contribution is 6.01. The van der Waals surface area contributed by atoms with E-state index in [4.69, 9.17) is 0 Å². The molecule has 1 N–H and O–H groups in total. The topological polar surface area (TPSA) is 87.0 Å². The van der Waals surface area contributed by atoms with Gasteiger partial charge in [0.25, 0.3) is 0 Å². The Kier molecular flexibility index (Phi) is 4.88. The minimum atomic E-state index is -0.423. The third-order valence-electron chi connectivity index (χ3n) is 10.6. The molecule has 176 valence electrons. The minimum Gasteiger partial charge on any atom is -0.353 e. The summed E-state index contributed by atoms with van der Waals surface area (Å²) in [7, 11) is 0. The molecule has 5 heteroatoms. The molecular formula is C28H36N2O3. The van der Waals surface area contributed by atoms with E-state index in [2.05, 4.69) is 39.1 Å². The van der Waals surface area contributed by atoms with Crippen molar-refractivity contribution in [3.8, 4) is 6.07 Å². The van der Waals surface area contributed by atoms with E-state index >= 15 is 0 Å². The lowest BCUT2D eigenvalue weighted by atomic mass is 9.41. The van der Waals surface area contributed by atoms with Gasteiger partial charge in [0.15, 0.2) is 11.6 Å². The van der Waals surface area contributed by atoms with Gasteiger partial charge < -0.3 is 5.32 Å². The second-order valence-corrected chi connectivity index (χ2v) is 12.8. The summed E-state index contributed by atoms with van der Waals surface area (Å²) < 4.78 is 0. The van der Waals surface area contributed by atoms with Crippen LogP contribution in [0.15, 0.2) is 23.3 Å². The SMILES string of the molecule is CC1(C)CCC2(NC=O)CCC3C(C(=O)C=C4C5(C)C=C(C#N)C(=O)CC5CCC43C)C2C1. The van der Waals surface area contributed by atoms with E-state index < -0.39 is 5.41 Å². The molecular weight excluding hydrogens is 412 g/mol. The zero-order chi connectivity index (χ0) is 23.8. The van der Waals surface area contributed by atoms with Gasteiger partial charge in [0, 0.05) is 23.3 Å². The largest absolute Gasteiger partial charge is 0.353 e. The molecule has 7 unspecified atom stereocenters. The quantitative estimate of drug-likeness (QED) is 0.622. The van der Waals surface area contributed by atoms with Gasteiger partial charge in [-0.25, -0.2) is 0 Å². The van der Waals surface area contributed by atoms with E-state index in [0.29, 0.717) is 6.42 Å². The first-order chi connectivity index (χ1) is 15.5. The van der Waals surface area contributed by atoms with Crippen LogP contribution in [0.4, 0.5) is 0 Å². The van der Waals surface area contributed by atoms with E-state index in [9.17, 15) is 19.6 Å². The zero-order valence-corrected chi connectivity index (χ0v) is 20.4. The third kappa shape index (κ3) is 3.05. The molecule has 0 aromatic rings. The number of nitrogens with one attached hydrogen (secondary N) is 1. The molecule has 1 amide bonds. The molecule has 5 aliphatic carbocycles. The second kappa shape index (κ2) is 7.14. The molecule has 0 bridgehead atoms. The zero-order valence-electron chi connectivity index (χ0n) is 20.4. The van der Waals surface area contributed by atoms with Gasteiger partial charge in [0.1, 0.15) is 6.07 Å². The molecule has 5 rings (SSSR count). The van der Waals surface area contributed by atoms with E-state index in [-0.39, 0.29) is 57.2 Å². The molecule has 33 heavy (non-hydrogen) atoms. The monoisotopic (exact) mass is 448 g/mol. The molecule has 0 aromatic heterocycles. The maximum Gasteiger partial charge on any atom is 0.207 e. The number of nitrogens with zero attached hydrogens (tertiary/aromatic N) is 1. The fraction of sp³-hybridized carbons (Fsp3) is 0.714. The highest BCUT2D eigenvalue weighted by atomic mass is 16.1. The van der Waals surface area contributed by atoms with Gasteiger partial charge in [-0.3, -0.25) is 14.4 Å². The van der Waals surface area contributed by atoms with Crippen LogP contribution in [0.3, 0.4) is 0 Å². The van der Waals surface area contributed by atoms with E-state index in [1.54, 1.807) is 0 Å². The summed E-state index contributed by atoms with van der Waals surface area (Å²) in [4.78, 5) is 38.0. The van der Waals surface area contributed by atoms with Gasteiger partial charge in [-0.1, -0.05) is 39.3 Å². The number of amides is 1. The molecule has 7 atom stereocenters. The van der Waals surface area contributed by atoms with Gasteiger partial charge in [-0.2, -0.15) is 5.26 Å². The third-order valence-corrected chi connectivity index (χ3v) is 10.6. The summed E-state index contributed by atoms with van der Waals surface area (Å²) in [5.74, 6) is 0.590. The Morgan fingerprint density at radius 3 is 2.52 bits per heavy atom. The molecule has 0 spiro atoms. The average molecular weight is 449 g/mol. The second-order valence-electron chi connectivity index (χ2n) is 12.8. The molecule has 5 nitrogen and oxygen atoms in total. The van der Waals surface area contributed by atoms with Gasteiger partial charge in [0.05, 0.1) is 5.57 Å². The molecule has 0 heterocycles. The standard InChI is InChI=1S/C28H36N2O3/c1-25(2)9-10-28(30-16-31)8-6-19-24(20(28)14-25)22(33)12-23-26(19,3)7-5-18-11-21(32)17(15-29)13-27(18,23)4/h12-13,16,18-20,24H,5-11,14H2,1-4H3,(H,30,31). The van der Waals surface area contributed by atoms with Crippen molar-refractivity contribution in [2.75, 3.05) is 0 Å². The number of hydrogen-bond donors (Lipinski definition) is 1.